The van der Waals surface area contributed by atoms with Crippen LogP contribution in [0.15, 0.2) is 91.6 Å². The van der Waals surface area contributed by atoms with Gasteiger partial charge in [0.1, 0.15) is 17.1 Å². The van der Waals surface area contributed by atoms with Gasteiger partial charge in [0.2, 0.25) is 0 Å². The predicted molar refractivity (Wildman–Crippen MR) is 118 cm³/mol. The highest BCUT2D eigenvalue weighted by Crippen LogP contribution is 2.46. The average molecular weight is 450 g/mol. The molecule has 3 aromatic carbocycles. The summed E-state index contributed by atoms with van der Waals surface area (Å²) >= 11 is 5.32. The van der Waals surface area contributed by atoms with Gasteiger partial charge in [-0.15, -0.1) is 11.8 Å². The maximum Gasteiger partial charge on any atom is 0.149 e. The van der Waals surface area contributed by atoms with Crippen LogP contribution in [-0.2, 0) is 0 Å². The summed E-state index contributed by atoms with van der Waals surface area (Å²) in [5.74, 6) is 1.08. The van der Waals surface area contributed by atoms with Gasteiger partial charge in [-0.25, -0.2) is 4.99 Å². The molecule has 1 aliphatic rings. The summed E-state index contributed by atoms with van der Waals surface area (Å²) in [5, 5.41) is 10.9. The topological polar surface area (TPSA) is 45.7 Å². The van der Waals surface area contributed by atoms with Crippen LogP contribution in [0.2, 0.25) is 0 Å². The van der Waals surface area contributed by atoms with Crippen LogP contribution < -0.4 is 0 Å². The van der Waals surface area contributed by atoms with Crippen molar-refractivity contribution in [1.82, 2.24) is 0 Å². The number of hydrogen-bond acceptors (Lipinski definition) is 4. The Labute approximate surface area is 175 Å². The number of nitrogens with zero attached hydrogens (tertiary/aromatic N) is 1. The van der Waals surface area contributed by atoms with E-state index in [-0.39, 0.29) is 11.0 Å². The molecule has 2 heterocycles. The van der Waals surface area contributed by atoms with Crippen molar-refractivity contribution in [2.24, 2.45) is 4.99 Å². The maximum absolute atomic E-state index is 9.65. The Balaban J connectivity index is 1.62. The largest absolute Gasteiger partial charge is 0.508 e. The molecule has 0 spiro atoms. The zero-order valence-electron chi connectivity index (χ0n) is 14.8. The van der Waals surface area contributed by atoms with E-state index in [4.69, 9.17) is 9.41 Å². The number of aromatic hydroxyl groups is 1. The Bertz CT molecular complexity index is 1200. The van der Waals surface area contributed by atoms with Gasteiger partial charge in [-0.05, 0) is 54.1 Å². The predicted octanol–water partition coefficient (Wildman–Crippen LogP) is 7.26. The van der Waals surface area contributed by atoms with Gasteiger partial charge >= 0.3 is 0 Å². The van der Waals surface area contributed by atoms with E-state index in [0.29, 0.717) is 0 Å². The fourth-order valence-electron chi connectivity index (χ4n) is 3.40. The van der Waals surface area contributed by atoms with Crippen LogP contribution in [0.4, 0.5) is 5.69 Å². The van der Waals surface area contributed by atoms with Crippen LogP contribution in [0, 0.1) is 0 Å². The Morgan fingerprint density at radius 1 is 1.00 bits per heavy atom. The second-order valence-corrected chi connectivity index (χ2v) is 8.88. The molecule has 28 heavy (non-hydrogen) atoms. The molecule has 138 valence electrons. The lowest BCUT2D eigenvalue weighted by Gasteiger charge is -2.15. The summed E-state index contributed by atoms with van der Waals surface area (Å²) in [6, 6.07) is 23.7. The summed E-state index contributed by atoms with van der Waals surface area (Å²) in [6.07, 6.45) is 0.741. The number of rotatable bonds is 2. The average Bonchev–Trinajstić information content (AvgIpc) is 3.01. The minimum absolute atomic E-state index is 0.183. The van der Waals surface area contributed by atoms with Crippen molar-refractivity contribution >= 4 is 50.1 Å². The second-order valence-electron chi connectivity index (χ2n) is 6.72. The highest BCUT2D eigenvalue weighted by Gasteiger charge is 2.24. The molecule has 1 aliphatic heterocycles. The smallest absolute Gasteiger partial charge is 0.149 e. The minimum Gasteiger partial charge on any atom is -0.508 e. The first-order valence-corrected chi connectivity index (χ1v) is 10.6. The van der Waals surface area contributed by atoms with E-state index in [2.05, 4.69) is 34.1 Å². The molecule has 0 saturated carbocycles. The molecular formula is C23H16BrNO2S. The Hall–Kier alpha value is -2.50. The van der Waals surface area contributed by atoms with Gasteiger partial charge in [0.05, 0.1) is 11.4 Å². The summed E-state index contributed by atoms with van der Waals surface area (Å²) in [7, 11) is 0. The molecule has 0 saturated heterocycles. The van der Waals surface area contributed by atoms with Gasteiger partial charge in [0.15, 0.2) is 0 Å². The molecule has 4 aromatic rings. The third-order valence-corrected chi connectivity index (χ3v) is 6.61. The van der Waals surface area contributed by atoms with Crippen molar-refractivity contribution in [3.63, 3.8) is 0 Å². The van der Waals surface area contributed by atoms with Gasteiger partial charge in [0, 0.05) is 26.4 Å². The molecule has 0 amide bonds. The van der Waals surface area contributed by atoms with Crippen LogP contribution in [0.1, 0.15) is 23.0 Å². The quantitative estimate of drug-likeness (QED) is 0.350. The lowest BCUT2D eigenvalue weighted by atomic mass is 10.0. The van der Waals surface area contributed by atoms with E-state index in [9.17, 15) is 5.11 Å². The Morgan fingerprint density at radius 2 is 1.82 bits per heavy atom. The monoisotopic (exact) mass is 449 g/mol. The van der Waals surface area contributed by atoms with Gasteiger partial charge in [-0.3, -0.25) is 0 Å². The van der Waals surface area contributed by atoms with Crippen LogP contribution in [0.25, 0.3) is 11.0 Å². The van der Waals surface area contributed by atoms with E-state index in [1.165, 1.54) is 0 Å². The Morgan fingerprint density at radius 3 is 2.68 bits per heavy atom. The number of phenols is 1. The zero-order valence-corrected chi connectivity index (χ0v) is 17.2. The van der Waals surface area contributed by atoms with Crippen molar-refractivity contribution in [2.45, 2.75) is 16.6 Å². The van der Waals surface area contributed by atoms with Crippen molar-refractivity contribution in [1.29, 1.82) is 0 Å². The van der Waals surface area contributed by atoms with Crippen molar-refractivity contribution < 1.29 is 9.52 Å². The molecule has 3 nitrogen and oxygen atoms in total. The van der Waals surface area contributed by atoms with Crippen LogP contribution in [0.3, 0.4) is 0 Å². The van der Waals surface area contributed by atoms with Crippen LogP contribution >= 0.6 is 27.7 Å². The highest BCUT2D eigenvalue weighted by molar-refractivity contribution is 9.10. The number of benzene rings is 3. The number of thioether (sulfide) groups is 1. The van der Waals surface area contributed by atoms with E-state index in [1.807, 2.05) is 42.5 Å². The fraction of sp³-hybridized carbons (Fsp3) is 0.0870. The lowest BCUT2D eigenvalue weighted by molar-refractivity contribution is 0.475. The van der Waals surface area contributed by atoms with Gasteiger partial charge in [-0.1, -0.05) is 40.2 Å². The SMILES string of the molecule is Oc1ccc(C2CC(c3cc4cc(Br)ccc4o3)=Nc3ccccc3S2)cc1. The Kier molecular flexibility index (Phi) is 4.49. The highest BCUT2D eigenvalue weighted by atomic mass is 79.9. The summed E-state index contributed by atoms with van der Waals surface area (Å²) in [4.78, 5) is 6.11. The fourth-order valence-corrected chi connectivity index (χ4v) is 5.01. The van der Waals surface area contributed by atoms with Gasteiger partial charge in [0.25, 0.3) is 0 Å². The van der Waals surface area contributed by atoms with Crippen LogP contribution in [-0.4, -0.2) is 10.8 Å². The molecule has 0 radical (unpaired) electrons. The van der Waals surface area contributed by atoms with E-state index >= 15 is 0 Å². The number of para-hydroxylation sites is 1. The summed E-state index contributed by atoms with van der Waals surface area (Å²) < 4.78 is 7.16. The van der Waals surface area contributed by atoms with E-state index in [0.717, 1.165) is 49.5 Å². The molecule has 0 fully saturated rings. The molecule has 5 rings (SSSR count). The molecular weight excluding hydrogens is 434 g/mol. The standard InChI is InChI=1S/C23H16BrNO2S/c24-16-7-10-20-15(11-16)12-21(27-20)19-13-23(14-5-8-17(26)9-6-14)28-22-4-2-1-3-18(22)25-19/h1-12,23,26H,13H2. The molecule has 1 atom stereocenters. The lowest BCUT2D eigenvalue weighted by Crippen LogP contribution is -2.04. The molecule has 1 unspecified atom stereocenters. The summed E-state index contributed by atoms with van der Waals surface area (Å²) in [6.45, 7) is 0. The maximum atomic E-state index is 9.65. The number of halogens is 1. The number of fused-ring (bicyclic) bond motifs is 2. The summed E-state index contributed by atoms with van der Waals surface area (Å²) in [5.41, 5.74) is 3.91. The number of phenolic OH excluding ortho intramolecular Hbond substituents is 1. The second kappa shape index (κ2) is 7.15. The molecule has 0 aliphatic carbocycles. The normalized spacial score (nSPS) is 16.5. The number of hydrogen-bond donors (Lipinski definition) is 1. The van der Waals surface area contributed by atoms with Crippen LogP contribution in [0.5, 0.6) is 5.75 Å². The van der Waals surface area contributed by atoms with E-state index in [1.54, 1.807) is 23.9 Å². The van der Waals surface area contributed by atoms with Crippen molar-refractivity contribution in [2.75, 3.05) is 0 Å². The first kappa shape index (κ1) is 17.6. The number of aliphatic imine (C=N–C) groups is 1. The third kappa shape index (κ3) is 3.36. The van der Waals surface area contributed by atoms with Crippen molar-refractivity contribution in [3.05, 3.63) is 88.6 Å². The molecule has 1 N–H and O–H groups in total. The first-order chi connectivity index (χ1) is 13.7. The van der Waals surface area contributed by atoms with E-state index < -0.39 is 0 Å². The van der Waals surface area contributed by atoms with Gasteiger partial charge < -0.3 is 9.52 Å². The first-order valence-electron chi connectivity index (χ1n) is 8.97. The molecule has 5 heteroatoms. The molecule has 1 aromatic heterocycles. The molecule has 0 bridgehead atoms. The number of furan rings is 1. The minimum atomic E-state index is 0.183. The third-order valence-electron chi connectivity index (χ3n) is 4.80. The van der Waals surface area contributed by atoms with Crippen molar-refractivity contribution in [3.8, 4) is 5.75 Å². The van der Waals surface area contributed by atoms with Gasteiger partial charge in [-0.2, -0.15) is 0 Å². The zero-order chi connectivity index (χ0) is 19.1.